The molecule has 1 atom stereocenters. The lowest BCUT2D eigenvalue weighted by atomic mass is 10.1. The van der Waals surface area contributed by atoms with Gasteiger partial charge in [-0.05, 0) is 32.0 Å². The highest BCUT2D eigenvalue weighted by molar-refractivity contribution is 6.00. The van der Waals surface area contributed by atoms with Gasteiger partial charge < -0.3 is 9.52 Å². The van der Waals surface area contributed by atoms with E-state index in [9.17, 15) is 4.79 Å². The summed E-state index contributed by atoms with van der Waals surface area (Å²) < 4.78 is 5.34. The first-order valence-electron chi connectivity index (χ1n) is 4.80. The second-order valence-electron chi connectivity index (χ2n) is 3.69. The van der Waals surface area contributed by atoms with E-state index in [2.05, 4.69) is 0 Å². The molecule has 0 aliphatic carbocycles. The Bertz CT molecular complexity index is 509. The third kappa shape index (κ3) is 1.78. The van der Waals surface area contributed by atoms with Gasteiger partial charge in [0.2, 0.25) is 5.78 Å². The van der Waals surface area contributed by atoms with E-state index in [1.165, 1.54) is 6.92 Å². The zero-order chi connectivity index (χ0) is 11.0. The van der Waals surface area contributed by atoms with Crippen molar-refractivity contribution in [1.29, 1.82) is 0 Å². The Kier molecular flexibility index (Phi) is 2.32. The molecule has 0 spiro atoms. The van der Waals surface area contributed by atoms with E-state index in [-0.39, 0.29) is 11.5 Å². The molecule has 1 N–H and O–H groups in total. The molecule has 0 fully saturated rings. The normalized spacial score (nSPS) is 13.0. The Hall–Kier alpha value is -1.61. The van der Waals surface area contributed by atoms with Gasteiger partial charge in [0.25, 0.3) is 0 Å². The van der Waals surface area contributed by atoms with Crippen LogP contribution in [0.4, 0.5) is 0 Å². The van der Waals surface area contributed by atoms with Gasteiger partial charge in [-0.25, -0.2) is 0 Å². The fourth-order valence-corrected chi connectivity index (χ4v) is 1.49. The van der Waals surface area contributed by atoms with Crippen molar-refractivity contribution in [3.05, 3.63) is 35.6 Å². The summed E-state index contributed by atoms with van der Waals surface area (Å²) in [4.78, 5) is 11.5. The maximum Gasteiger partial charge on any atom is 0.226 e. The molecule has 0 saturated carbocycles. The molecule has 1 unspecified atom stereocenters. The zero-order valence-corrected chi connectivity index (χ0v) is 8.65. The summed E-state index contributed by atoms with van der Waals surface area (Å²) in [7, 11) is 0. The van der Waals surface area contributed by atoms with Crippen LogP contribution in [-0.4, -0.2) is 17.0 Å². The van der Waals surface area contributed by atoms with Crippen LogP contribution < -0.4 is 0 Å². The second kappa shape index (κ2) is 3.51. The fourth-order valence-electron chi connectivity index (χ4n) is 1.49. The van der Waals surface area contributed by atoms with Crippen LogP contribution in [0, 0.1) is 6.92 Å². The predicted molar refractivity (Wildman–Crippen MR) is 57.0 cm³/mol. The van der Waals surface area contributed by atoms with E-state index in [4.69, 9.17) is 9.52 Å². The number of ketones is 1. The van der Waals surface area contributed by atoms with Gasteiger partial charge in [0.15, 0.2) is 5.76 Å². The van der Waals surface area contributed by atoms with Crippen molar-refractivity contribution in [2.45, 2.75) is 20.0 Å². The number of carbonyl (C=O) groups is 1. The number of carbonyl (C=O) groups excluding carboxylic acids is 1. The van der Waals surface area contributed by atoms with Crippen LogP contribution in [0.15, 0.2) is 28.7 Å². The molecule has 0 aliphatic heterocycles. The van der Waals surface area contributed by atoms with Gasteiger partial charge in [-0.3, -0.25) is 4.79 Å². The van der Waals surface area contributed by atoms with Crippen LogP contribution in [0.25, 0.3) is 11.0 Å². The Morgan fingerprint density at radius 1 is 1.40 bits per heavy atom. The van der Waals surface area contributed by atoms with Gasteiger partial charge in [-0.2, -0.15) is 0 Å². The molecule has 0 bridgehead atoms. The monoisotopic (exact) mass is 204 g/mol. The largest absolute Gasteiger partial charge is 0.453 e. The van der Waals surface area contributed by atoms with E-state index < -0.39 is 6.10 Å². The Balaban J connectivity index is 2.52. The molecule has 0 amide bonds. The maximum atomic E-state index is 11.5. The zero-order valence-electron chi connectivity index (χ0n) is 8.65. The quantitative estimate of drug-likeness (QED) is 0.763. The predicted octanol–water partition coefficient (Wildman–Crippen LogP) is 2.30. The van der Waals surface area contributed by atoms with Crippen molar-refractivity contribution < 1.29 is 14.3 Å². The van der Waals surface area contributed by atoms with Crippen molar-refractivity contribution in [2.24, 2.45) is 0 Å². The number of fused-ring (bicyclic) bond motifs is 1. The molecule has 3 heteroatoms. The highest BCUT2D eigenvalue weighted by atomic mass is 16.4. The number of aryl methyl sites for hydroxylation is 1. The molecule has 3 nitrogen and oxygen atoms in total. The summed E-state index contributed by atoms with van der Waals surface area (Å²) in [5.74, 6) is -0.172. The molecule has 78 valence electrons. The van der Waals surface area contributed by atoms with E-state index in [0.717, 1.165) is 10.9 Å². The lowest BCUT2D eigenvalue weighted by Gasteiger charge is -1.97. The first-order valence-corrected chi connectivity index (χ1v) is 4.80. The number of hydrogen-bond acceptors (Lipinski definition) is 3. The first-order chi connectivity index (χ1) is 7.08. The van der Waals surface area contributed by atoms with Crippen LogP contribution in [0.3, 0.4) is 0 Å². The first kappa shape index (κ1) is 9.93. The molecule has 2 aromatic rings. The molecule has 1 aromatic heterocycles. The number of aliphatic hydroxyl groups is 1. The third-order valence-electron chi connectivity index (χ3n) is 2.29. The number of furan rings is 1. The van der Waals surface area contributed by atoms with Gasteiger partial charge in [-0.15, -0.1) is 0 Å². The lowest BCUT2D eigenvalue weighted by Crippen LogP contribution is -2.14. The molecule has 1 aromatic carbocycles. The lowest BCUT2D eigenvalue weighted by molar-refractivity contribution is 0.0752. The summed E-state index contributed by atoms with van der Waals surface area (Å²) in [6.07, 6.45) is -1.02. The van der Waals surface area contributed by atoms with Crippen molar-refractivity contribution in [3.63, 3.8) is 0 Å². The van der Waals surface area contributed by atoms with Crippen LogP contribution >= 0.6 is 0 Å². The summed E-state index contributed by atoms with van der Waals surface area (Å²) in [6, 6.07) is 7.35. The molecule has 15 heavy (non-hydrogen) atoms. The maximum absolute atomic E-state index is 11.5. The molecule has 0 aliphatic rings. The smallest absolute Gasteiger partial charge is 0.226 e. The SMILES string of the molecule is Cc1ccc2oc(C(=O)C(C)O)cc2c1. The van der Waals surface area contributed by atoms with Gasteiger partial charge >= 0.3 is 0 Å². The number of Topliss-reactive ketones (excluding diaryl/α,β-unsaturated/α-hetero) is 1. The number of benzene rings is 1. The van der Waals surface area contributed by atoms with Crippen LogP contribution in [-0.2, 0) is 0 Å². The Morgan fingerprint density at radius 2 is 2.13 bits per heavy atom. The standard InChI is InChI=1S/C12H12O3/c1-7-3-4-10-9(5-7)6-11(15-10)12(14)8(2)13/h3-6,8,13H,1-2H3. The molecule has 1 heterocycles. The van der Waals surface area contributed by atoms with Crippen molar-refractivity contribution >= 4 is 16.8 Å². The molecular formula is C12H12O3. The third-order valence-corrected chi connectivity index (χ3v) is 2.29. The minimum Gasteiger partial charge on any atom is -0.453 e. The van der Waals surface area contributed by atoms with Crippen molar-refractivity contribution in [1.82, 2.24) is 0 Å². The van der Waals surface area contributed by atoms with E-state index in [1.807, 2.05) is 25.1 Å². The molecular weight excluding hydrogens is 192 g/mol. The summed E-state index contributed by atoms with van der Waals surface area (Å²) in [5.41, 5.74) is 1.78. The van der Waals surface area contributed by atoms with Crippen LogP contribution in [0.2, 0.25) is 0 Å². The molecule has 2 rings (SSSR count). The fraction of sp³-hybridized carbons (Fsp3) is 0.250. The summed E-state index contributed by atoms with van der Waals surface area (Å²) in [6.45, 7) is 3.41. The van der Waals surface area contributed by atoms with Crippen molar-refractivity contribution in [3.8, 4) is 0 Å². The van der Waals surface area contributed by atoms with Gasteiger partial charge in [0, 0.05) is 5.39 Å². The van der Waals surface area contributed by atoms with E-state index >= 15 is 0 Å². The van der Waals surface area contributed by atoms with Crippen LogP contribution in [0.5, 0.6) is 0 Å². The Morgan fingerprint density at radius 3 is 2.80 bits per heavy atom. The minimum absolute atomic E-state index is 0.214. The number of rotatable bonds is 2. The van der Waals surface area contributed by atoms with Crippen molar-refractivity contribution in [2.75, 3.05) is 0 Å². The average molecular weight is 204 g/mol. The van der Waals surface area contributed by atoms with Crippen LogP contribution in [0.1, 0.15) is 23.0 Å². The number of aliphatic hydroxyl groups excluding tert-OH is 1. The average Bonchev–Trinajstić information content (AvgIpc) is 2.58. The Labute approximate surface area is 87.3 Å². The highest BCUT2D eigenvalue weighted by Gasteiger charge is 2.16. The highest BCUT2D eigenvalue weighted by Crippen LogP contribution is 2.21. The van der Waals surface area contributed by atoms with E-state index in [1.54, 1.807) is 6.07 Å². The van der Waals surface area contributed by atoms with Gasteiger partial charge in [0.1, 0.15) is 11.7 Å². The van der Waals surface area contributed by atoms with E-state index in [0.29, 0.717) is 5.58 Å². The second-order valence-corrected chi connectivity index (χ2v) is 3.69. The summed E-state index contributed by atoms with van der Waals surface area (Å²) >= 11 is 0. The topological polar surface area (TPSA) is 50.4 Å². The molecule has 0 saturated heterocycles. The van der Waals surface area contributed by atoms with Gasteiger partial charge in [-0.1, -0.05) is 11.6 Å². The minimum atomic E-state index is -1.02. The number of hydrogen-bond donors (Lipinski definition) is 1. The summed E-state index contributed by atoms with van der Waals surface area (Å²) in [5, 5.41) is 10.0. The van der Waals surface area contributed by atoms with Gasteiger partial charge in [0.05, 0.1) is 0 Å². The molecule has 0 radical (unpaired) electrons.